The van der Waals surface area contributed by atoms with Crippen LogP contribution in [0, 0.1) is 5.41 Å². The van der Waals surface area contributed by atoms with Gasteiger partial charge in [0.15, 0.2) is 5.82 Å². The predicted molar refractivity (Wildman–Crippen MR) is 62.7 cm³/mol. The van der Waals surface area contributed by atoms with E-state index in [4.69, 9.17) is 4.74 Å². The molecule has 1 aromatic rings. The quantitative estimate of drug-likeness (QED) is 0.837. The molecule has 2 aliphatic rings. The third-order valence-electron chi connectivity index (χ3n) is 3.80. The van der Waals surface area contributed by atoms with Crippen molar-refractivity contribution in [1.82, 2.24) is 10.2 Å². The fourth-order valence-electron chi connectivity index (χ4n) is 2.67. The lowest BCUT2D eigenvalue weighted by atomic mass is 9.60. The summed E-state index contributed by atoms with van der Waals surface area (Å²) in [6.45, 7) is 3.66. The summed E-state index contributed by atoms with van der Waals surface area (Å²) in [7, 11) is 0. The number of rotatable bonds is 3. The van der Waals surface area contributed by atoms with E-state index in [0.29, 0.717) is 23.6 Å². The van der Waals surface area contributed by atoms with E-state index in [-0.39, 0.29) is 5.91 Å². The molecule has 2 N–H and O–H groups in total. The molecule has 1 aliphatic carbocycles. The first-order valence-corrected chi connectivity index (χ1v) is 6.14. The van der Waals surface area contributed by atoms with Crippen molar-refractivity contribution in [2.24, 2.45) is 5.41 Å². The molecule has 2 fully saturated rings. The van der Waals surface area contributed by atoms with Crippen molar-refractivity contribution in [1.29, 1.82) is 0 Å². The van der Waals surface area contributed by atoms with E-state index in [0.717, 1.165) is 18.9 Å². The summed E-state index contributed by atoms with van der Waals surface area (Å²) in [5.74, 6) is 1.19. The van der Waals surface area contributed by atoms with Crippen molar-refractivity contribution in [3.8, 4) is 0 Å². The topological polar surface area (TPSA) is 67.0 Å². The zero-order chi connectivity index (χ0) is 11.9. The van der Waals surface area contributed by atoms with Crippen molar-refractivity contribution in [2.75, 3.05) is 18.5 Å². The van der Waals surface area contributed by atoms with Gasteiger partial charge in [-0.3, -0.25) is 9.89 Å². The molecule has 3 rings (SSSR count). The fourth-order valence-corrected chi connectivity index (χ4v) is 2.67. The lowest BCUT2D eigenvalue weighted by molar-refractivity contribution is -0.164. The highest BCUT2D eigenvalue weighted by molar-refractivity contribution is 5.89. The summed E-state index contributed by atoms with van der Waals surface area (Å²) in [6.07, 6.45) is 2.83. The Morgan fingerprint density at radius 1 is 1.65 bits per heavy atom. The van der Waals surface area contributed by atoms with Crippen LogP contribution >= 0.6 is 0 Å². The molecule has 1 aromatic heterocycles. The second-order valence-electron chi connectivity index (χ2n) is 5.21. The number of amides is 1. The molecule has 0 bridgehead atoms. The van der Waals surface area contributed by atoms with Crippen LogP contribution in [0.4, 0.5) is 5.82 Å². The number of aromatic nitrogens is 2. The Balaban J connectivity index is 1.60. The van der Waals surface area contributed by atoms with Crippen LogP contribution in [0.5, 0.6) is 0 Å². The van der Waals surface area contributed by atoms with E-state index in [1.54, 1.807) is 0 Å². The number of carbonyl (C=O) groups excluding carboxylic acids is 1. The van der Waals surface area contributed by atoms with Gasteiger partial charge in [0.25, 0.3) is 0 Å². The van der Waals surface area contributed by atoms with Crippen LogP contribution in [0.25, 0.3) is 0 Å². The summed E-state index contributed by atoms with van der Waals surface area (Å²) in [5.41, 5.74) is 1.59. The molecular formula is C12H17N3O2. The first-order chi connectivity index (χ1) is 8.21. The van der Waals surface area contributed by atoms with Gasteiger partial charge in [0.05, 0.1) is 13.2 Å². The lowest BCUT2D eigenvalue weighted by Gasteiger charge is -2.53. The van der Waals surface area contributed by atoms with Crippen molar-refractivity contribution >= 4 is 11.7 Å². The number of H-pyrrole nitrogens is 1. The third-order valence-corrected chi connectivity index (χ3v) is 3.80. The van der Waals surface area contributed by atoms with Gasteiger partial charge in [-0.05, 0) is 12.8 Å². The molecule has 1 saturated carbocycles. The molecule has 0 radical (unpaired) electrons. The average Bonchev–Trinajstić information content (AvgIpc) is 2.62. The van der Waals surface area contributed by atoms with Crippen molar-refractivity contribution < 1.29 is 9.53 Å². The third kappa shape index (κ3) is 1.84. The molecule has 17 heavy (non-hydrogen) atoms. The summed E-state index contributed by atoms with van der Waals surface area (Å²) < 4.78 is 5.25. The van der Waals surface area contributed by atoms with Crippen LogP contribution in [-0.2, 0) is 9.53 Å². The summed E-state index contributed by atoms with van der Waals surface area (Å²) in [6, 6.07) is 1.95. The van der Waals surface area contributed by atoms with Crippen LogP contribution in [-0.4, -0.2) is 29.3 Å². The standard InChI is InChI=1S/C12H17N3O2/c1-2-11(16)13-10-3-9(14-15-10)8-4-12(5-8)6-17-7-12/h3,8H,2,4-7H2,1H3,(H2,13,14,15,16). The van der Waals surface area contributed by atoms with Gasteiger partial charge in [0.1, 0.15) is 0 Å². The van der Waals surface area contributed by atoms with Crippen LogP contribution in [0.1, 0.15) is 37.8 Å². The molecule has 2 heterocycles. The Bertz CT molecular complexity index is 429. The first kappa shape index (κ1) is 10.8. The highest BCUT2D eigenvalue weighted by Crippen LogP contribution is 2.54. The summed E-state index contributed by atoms with van der Waals surface area (Å²) in [5, 5.41) is 9.89. The lowest BCUT2D eigenvalue weighted by Crippen LogP contribution is -2.51. The number of aromatic amines is 1. The zero-order valence-corrected chi connectivity index (χ0v) is 9.95. The normalized spacial score (nSPS) is 21.9. The average molecular weight is 235 g/mol. The summed E-state index contributed by atoms with van der Waals surface area (Å²) in [4.78, 5) is 11.2. The maximum Gasteiger partial charge on any atom is 0.225 e. The molecule has 5 heteroatoms. The summed E-state index contributed by atoms with van der Waals surface area (Å²) >= 11 is 0. The second kappa shape index (κ2) is 3.84. The Morgan fingerprint density at radius 3 is 3.00 bits per heavy atom. The van der Waals surface area contributed by atoms with E-state index in [9.17, 15) is 4.79 Å². The Morgan fingerprint density at radius 2 is 2.41 bits per heavy atom. The van der Waals surface area contributed by atoms with E-state index in [1.165, 1.54) is 12.8 Å². The number of hydrogen-bond acceptors (Lipinski definition) is 3. The smallest absolute Gasteiger partial charge is 0.225 e. The number of hydrogen-bond donors (Lipinski definition) is 2. The van der Waals surface area contributed by atoms with E-state index >= 15 is 0 Å². The number of nitrogens with one attached hydrogen (secondary N) is 2. The van der Waals surface area contributed by atoms with Crippen LogP contribution in [0.15, 0.2) is 6.07 Å². The zero-order valence-electron chi connectivity index (χ0n) is 9.95. The molecule has 1 saturated heterocycles. The number of nitrogens with zero attached hydrogens (tertiary/aromatic N) is 1. The van der Waals surface area contributed by atoms with Gasteiger partial charge in [-0.15, -0.1) is 0 Å². The Hall–Kier alpha value is -1.36. The van der Waals surface area contributed by atoms with Crippen LogP contribution in [0.3, 0.4) is 0 Å². The molecule has 0 unspecified atom stereocenters. The monoisotopic (exact) mass is 235 g/mol. The van der Waals surface area contributed by atoms with Gasteiger partial charge in [-0.2, -0.15) is 5.10 Å². The molecule has 92 valence electrons. The van der Waals surface area contributed by atoms with Gasteiger partial charge in [0, 0.05) is 29.5 Å². The van der Waals surface area contributed by atoms with Gasteiger partial charge >= 0.3 is 0 Å². The molecule has 1 aliphatic heterocycles. The Labute approximate surface area is 99.9 Å². The number of carbonyl (C=O) groups is 1. The van der Waals surface area contributed by atoms with Gasteiger partial charge in [0.2, 0.25) is 5.91 Å². The first-order valence-electron chi connectivity index (χ1n) is 6.14. The van der Waals surface area contributed by atoms with Gasteiger partial charge in [-0.1, -0.05) is 6.92 Å². The Kier molecular flexibility index (Phi) is 2.43. The van der Waals surface area contributed by atoms with Crippen LogP contribution < -0.4 is 5.32 Å². The minimum atomic E-state index is 0.000484. The van der Waals surface area contributed by atoms with Gasteiger partial charge < -0.3 is 10.1 Å². The maximum atomic E-state index is 11.2. The van der Waals surface area contributed by atoms with Crippen LogP contribution in [0.2, 0.25) is 0 Å². The van der Waals surface area contributed by atoms with Crippen molar-refractivity contribution in [2.45, 2.75) is 32.1 Å². The molecular weight excluding hydrogens is 218 g/mol. The second-order valence-corrected chi connectivity index (χ2v) is 5.21. The van der Waals surface area contributed by atoms with E-state index < -0.39 is 0 Å². The van der Waals surface area contributed by atoms with E-state index in [1.807, 2.05) is 13.0 Å². The molecule has 0 aromatic carbocycles. The number of anilines is 1. The molecule has 1 amide bonds. The highest BCUT2D eigenvalue weighted by Gasteiger charge is 2.50. The molecule has 1 spiro atoms. The molecule has 0 atom stereocenters. The molecule has 5 nitrogen and oxygen atoms in total. The highest BCUT2D eigenvalue weighted by atomic mass is 16.5. The largest absolute Gasteiger partial charge is 0.380 e. The van der Waals surface area contributed by atoms with E-state index in [2.05, 4.69) is 15.5 Å². The SMILES string of the molecule is CCC(=O)Nc1cc(C2CC3(COC3)C2)[nH]n1. The van der Waals surface area contributed by atoms with Crippen molar-refractivity contribution in [3.63, 3.8) is 0 Å². The van der Waals surface area contributed by atoms with Crippen molar-refractivity contribution in [3.05, 3.63) is 11.8 Å². The predicted octanol–water partition coefficient (Wildman–Crippen LogP) is 1.65. The minimum absolute atomic E-state index is 0.000484. The fraction of sp³-hybridized carbons (Fsp3) is 0.667. The maximum absolute atomic E-state index is 11.2. The number of ether oxygens (including phenoxy) is 1. The minimum Gasteiger partial charge on any atom is -0.380 e. The van der Waals surface area contributed by atoms with Gasteiger partial charge in [-0.25, -0.2) is 0 Å².